The molecule has 0 spiro atoms. The molecule has 21 heteroatoms. The number of nitrogens with zero attached hydrogens (tertiary/aromatic N) is 2. The topological polar surface area (TPSA) is 248 Å². The van der Waals surface area contributed by atoms with Crippen LogP contribution in [0.1, 0.15) is 170 Å². The van der Waals surface area contributed by atoms with Gasteiger partial charge in [0.05, 0.1) is 83.3 Å². The molecule has 476 valence electrons. The second kappa shape index (κ2) is 28.5. The van der Waals surface area contributed by atoms with E-state index in [0.717, 1.165) is 25.7 Å². The summed E-state index contributed by atoms with van der Waals surface area (Å²) in [4.78, 5) is 73.1. The van der Waals surface area contributed by atoms with Crippen LogP contribution in [0.2, 0.25) is 10.0 Å². The van der Waals surface area contributed by atoms with Crippen molar-refractivity contribution in [3.63, 3.8) is 0 Å². The fraction of sp³-hybridized carbons (Fsp3) is 0.426. The molecule has 0 radical (unpaired) electrons. The van der Waals surface area contributed by atoms with Gasteiger partial charge in [0.1, 0.15) is 28.4 Å². The van der Waals surface area contributed by atoms with Crippen LogP contribution in [-0.2, 0) is 41.4 Å². The number of esters is 1. The first-order chi connectivity index (χ1) is 41.7. The Labute approximate surface area is 528 Å². The number of Topliss-reactive ketones (excluding diaryl/α,β-unsaturated/α-hetero) is 2. The summed E-state index contributed by atoms with van der Waals surface area (Å²) in [5.41, 5.74) is 4.24. The Bertz CT molecular complexity index is 3600. The number of ether oxygens (including phenoxy) is 5. The summed E-state index contributed by atoms with van der Waals surface area (Å²) in [6, 6.07) is 25.3. The SMILES string of the molecule is COc1cc(C(=O)CCC(C)(O)c2cc(C(C)(C)NC(=O)CCC(=O)OC(C)(C)C)cc(-c3ccc(F)c(Cl)c3)n2)ccc1OC1CC1.COc1cc(C(=O)CCC(C)(O)c2cc(C(C)(C)NC(=O)CN)cc(-c3ccc(F)c(Cl)c3)n2)ccc1OC1CC1. The number of pyridine rings is 2. The normalized spacial score (nSPS) is 14.6. The van der Waals surface area contributed by atoms with Crippen LogP contribution in [0.25, 0.3) is 22.5 Å². The largest absolute Gasteiger partial charge is 0.493 e. The van der Waals surface area contributed by atoms with Crippen LogP contribution in [0, 0.1) is 11.6 Å². The Morgan fingerprint density at radius 2 is 0.955 bits per heavy atom. The molecule has 4 aromatic carbocycles. The fourth-order valence-corrected chi connectivity index (χ4v) is 9.73. The molecule has 2 aliphatic carbocycles. The highest BCUT2D eigenvalue weighted by Gasteiger charge is 2.34. The summed E-state index contributed by atoms with van der Waals surface area (Å²) in [6.07, 6.45) is 4.26. The third-order valence-corrected chi connectivity index (χ3v) is 15.6. The van der Waals surface area contributed by atoms with Crippen LogP contribution in [0.15, 0.2) is 97.1 Å². The quantitative estimate of drug-likeness (QED) is 0.0250. The van der Waals surface area contributed by atoms with E-state index in [1.54, 1.807) is 123 Å². The highest BCUT2D eigenvalue weighted by molar-refractivity contribution is 6.31. The number of hydrogen-bond acceptors (Lipinski definition) is 15. The lowest BCUT2D eigenvalue weighted by Crippen LogP contribution is -2.44. The summed E-state index contributed by atoms with van der Waals surface area (Å²) in [6.45, 7) is 15.4. The van der Waals surface area contributed by atoms with Gasteiger partial charge in [0.2, 0.25) is 11.8 Å². The van der Waals surface area contributed by atoms with E-state index in [9.17, 15) is 43.0 Å². The van der Waals surface area contributed by atoms with Crippen LogP contribution in [0.3, 0.4) is 0 Å². The number of aromatic nitrogens is 2. The molecule has 0 bridgehead atoms. The lowest BCUT2D eigenvalue weighted by Gasteiger charge is -2.30. The maximum Gasteiger partial charge on any atom is 0.306 e. The number of methoxy groups -OCH3 is 2. The van der Waals surface area contributed by atoms with Crippen molar-refractivity contribution in [2.75, 3.05) is 20.8 Å². The average Bonchev–Trinajstić information content (AvgIpc) is 1.75. The highest BCUT2D eigenvalue weighted by Crippen LogP contribution is 2.39. The minimum atomic E-state index is -1.58. The molecule has 2 aromatic heterocycles. The van der Waals surface area contributed by atoms with Crippen molar-refractivity contribution in [1.29, 1.82) is 0 Å². The van der Waals surface area contributed by atoms with Gasteiger partial charge in [-0.05, 0) is 209 Å². The van der Waals surface area contributed by atoms with Crippen LogP contribution in [-0.4, -0.2) is 88.1 Å². The Kier molecular flexibility index (Phi) is 22.1. The molecule has 8 rings (SSSR count). The van der Waals surface area contributed by atoms with E-state index in [1.807, 2.05) is 0 Å². The zero-order chi connectivity index (χ0) is 65.4. The molecule has 0 saturated heterocycles. The van der Waals surface area contributed by atoms with Gasteiger partial charge in [-0.1, -0.05) is 23.2 Å². The molecule has 2 amide bonds. The third kappa shape index (κ3) is 19.2. The van der Waals surface area contributed by atoms with E-state index in [1.165, 1.54) is 50.6 Å². The number of carbonyl (C=O) groups is 5. The average molecular weight is 1270 g/mol. The molecular formula is C68H79Cl2F2N5O12. The fourth-order valence-electron chi connectivity index (χ4n) is 9.37. The van der Waals surface area contributed by atoms with Gasteiger partial charge in [0, 0.05) is 41.5 Å². The van der Waals surface area contributed by atoms with Gasteiger partial charge >= 0.3 is 5.97 Å². The van der Waals surface area contributed by atoms with Gasteiger partial charge in [-0.25, -0.2) is 18.7 Å². The molecule has 6 aromatic rings. The molecule has 2 atom stereocenters. The standard InChI is InChI=1S/C37H44ClFN2O7.C31H35ClFN3O5/c1-35(2,3)48-34(44)15-14-33(43)41-36(4,5)24-20-28(22-8-12-27(39)26(38)18-22)40-32(21-24)37(6,45)17-16-29(42)23-9-13-30(31(19-23)46-7)47-25-10-11-25;1-30(2,36-29(38)17-34)20-15-24(18-5-9-23(33)22(32)13-18)35-28(16-20)31(3,39)12-11-25(37)19-6-10-26(27(14-19)40-4)41-21-7-8-21/h8-9,12-13,18-21,25,45H,10-11,14-17H2,1-7H3,(H,41,43);5-6,9-10,13-16,21,39H,7-8,11-12,17,34H2,1-4H3,(H,36,38). The van der Waals surface area contributed by atoms with Crippen molar-refractivity contribution in [1.82, 2.24) is 20.6 Å². The second-order valence-corrected chi connectivity index (χ2v) is 25.7. The van der Waals surface area contributed by atoms with E-state index in [-0.39, 0.29) is 102 Å². The van der Waals surface area contributed by atoms with E-state index in [0.29, 0.717) is 67.8 Å². The predicted molar refractivity (Wildman–Crippen MR) is 335 cm³/mol. The minimum Gasteiger partial charge on any atom is -0.493 e. The minimum absolute atomic E-state index is 0.00655. The summed E-state index contributed by atoms with van der Waals surface area (Å²) in [5, 5.41) is 28.9. The zero-order valence-electron chi connectivity index (χ0n) is 52.1. The Hall–Kier alpha value is -7.55. The lowest BCUT2D eigenvalue weighted by atomic mass is 9.87. The van der Waals surface area contributed by atoms with Crippen LogP contribution in [0.5, 0.6) is 23.0 Å². The Morgan fingerprint density at radius 3 is 1.31 bits per heavy atom. The number of halogens is 4. The first-order valence-corrected chi connectivity index (χ1v) is 30.2. The number of hydrogen-bond donors (Lipinski definition) is 5. The molecule has 2 heterocycles. The lowest BCUT2D eigenvalue weighted by molar-refractivity contribution is -0.155. The molecule has 17 nitrogen and oxygen atoms in total. The van der Waals surface area contributed by atoms with Gasteiger partial charge in [0.25, 0.3) is 0 Å². The molecular weight excluding hydrogens is 1190 g/mol. The van der Waals surface area contributed by atoms with Gasteiger partial charge in [-0.3, -0.25) is 24.0 Å². The maximum atomic E-state index is 14.0. The number of amides is 2. The Morgan fingerprint density at radius 1 is 0.551 bits per heavy atom. The summed E-state index contributed by atoms with van der Waals surface area (Å²) >= 11 is 12.1. The second-order valence-electron chi connectivity index (χ2n) is 24.9. The molecule has 6 N–H and O–H groups in total. The van der Waals surface area contributed by atoms with E-state index in [2.05, 4.69) is 15.6 Å². The van der Waals surface area contributed by atoms with Crippen LogP contribution >= 0.6 is 23.2 Å². The first kappa shape index (κ1) is 68.9. The van der Waals surface area contributed by atoms with Crippen LogP contribution < -0.4 is 35.3 Å². The number of ketones is 2. The van der Waals surface area contributed by atoms with Crippen molar-refractivity contribution >= 4 is 52.6 Å². The number of nitrogens with one attached hydrogen (secondary N) is 2. The molecule has 2 fully saturated rings. The maximum absolute atomic E-state index is 14.0. The molecule has 2 aliphatic rings. The number of benzene rings is 4. The summed E-state index contributed by atoms with van der Waals surface area (Å²) in [7, 11) is 3.04. The number of rotatable bonds is 26. The van der Waals surface area contributed by atoms with Gasteiger partial charge in [-0.2, -0.15) is 0 Å². The Balaban J connectivity index is 0.000000257. The van der Waals surface area contributed by atoms with Crippen molar-refractivity contribution in [2.45, 2.75) is 167 Å². The van der Waals surface area contributed by atoms with Crippen LogP contribution in [0.4, 0.5) is 8.78 Å². The smallest absolute Gasteiger partial charge is 0.306 e. The number of carbonyl (C=O) groups excluding carboxylic acids is 5. The number of nitrogens with two attached hydrogens (primary N) is 1. The monoisotopic (exact) mass is 1270 g/mol. The molecule has 0 aliphatic heterocycles. The van der Waals surface area contributed by atoms with Gasteiger partial charge < -0.3 is 50.3 Å². The molecule has 2 unspecified atom stereocenters. The number of aliphatic hydroxyl groups is 2. The van der Waals surface area contributed by atoms with E-state index >= 15 is 0 Å². The first-order valence-electron chi connectivity index (χ1n) is 29.4. The van der Waals surface area contributed by atoms with Crippen molar-refractivity contribution < 1.29 is 66.7 Å². The van der Waals surface area contributed by atoms with Crippen molar-refractivity contribution in [3.05, 3.63) is 152 Å². The van der Waals surface area contributed by atoms with Gasteiger partial charge in [0.15, 0.2) is 34.6 Å². The summed E-state index contributed by atoms with van der Waals surface area (Å²) < 4.78 is 55.8. The summed E-state index contributed by atoms with van der Waals surface area (Å²) in [5.74, 6) is -0.651. The zero-order valence-corrected chi connectivity index (χ0v) is 53.6. The third-order valence-electron chi connectivity index (χ3n) is 15.0. The predicted octanol–water partition coefficient (Wildman–Crippen LogP) is 12.7. The molecule has 89 heavy (non-hydrogen) atoms. The highest BCUT2D eigenvalue weighted by atomic mass is 35.5. The van der Waals surface area contributed by atoms with E-state index < -0.39 is 45.5 Å². The van der Waals surface area contributed by atoms with Crippen molar-refractivity contribution in [2.24, 2.45) is 5.73 Å². The van der Waals surface area contributed by atoms with E-state index in [4.69, 9.17) is 57.6 Å². The molecule has 2 saturated carbocycles. The van der Waals surface area contributed by atoms with Crippen molar-refractivity contribution in [3.8, 4) is 45.5 Å². The van der Waals surface area contributed by atoms with Gasteiger partial charge in [-0.15, -0.1) is 0 Å².